The van der Waals surface area contributed by atoms with Gasteiger partial charge in [-0.2, -0.15) is 0 Å². The number of hydrogen-bond acceptors (Lipinski definition) is 5. The summed E-state index contributed by atoms with van der Waals surface area (Å²) in [7, 11) is 0. The Morgan fingerprint density at radius 2 is 2.05 bits per heavy atom. The Bertz CT molecular complexity index is 616. The summed E-state index contributed by atoms with van der Waals surface area (Å²) in [6.45, 7) is 3.62. The number of pyridine rings is 1. The van der Waals surface area contributed by atoms with Crippen LogP contribution in [0, 0.1) is 17.0 Å². The van der Waals surface area contributed by atoms with E-state index in [-0.39, 0.29) is 5.69 Å². The van der Waals surface area contributed by atoms with Gasteiger partial charge in [-0.1, -0.05) is 30.3 Å². The number of nitrogens with two attached hydrogens (primary N) is 1. The number of nitrogens with zero attached hydrogens (tertiary/aromatic N) is 3. The molecule has 0 saturated carbocycles. The fraction of sp³-hybridized carbons (Fsp3) is 0.267. The lowest BCUT2D eigenvalue weighted by molar-refractivity contribution is -0.385. The van der Waals surface area contributed by atoms with Crippen molar-refractivity contribution in [1.82, 2.24) is 4.98 Å². The maximum absolute atomic E-state index is 10.8. The van der Waals surface area contributed by atoms with Gasteiger partial charge in [-0.25, -0.2) is 4.98 Å². The molecule has 0 unspecified atom stereocenters. The molecule has 2 rings (SSSR count). The molecule has 2 aromatic rings. The Labute approximate surface area is 123 Å². The van der Waals surface area contributed by atoms with E-state index in [0.29, 0.717) is 19.6 Å². The highest BCUT2D eigenvalue weighted by Crippen LogP contribution is 2.22. The lowest BCUT2D eigenvalue weighted by Gasteiger charge is -2.24. The average molecular weight is 286 g/mol. The molecule has 0 radical (unpaired) electrons. The Hall–Kier alpha value is -2.47. The van der Waals surface area contributed by atoms with E-state index in [1.165, 1.54) is 12.3 Å². The second-order valence-electron chi connectivity index (χ2n) is 4.79. The van der Waals surface area contributed by atoms with E-state index < -0.39 is 4.92 Å². The van der Waals surface area contributed by atoms with Crippen molar-refractivity contribution in [3.8, 4) is 0 Å². The summed E-state index contributed by atoms with van der Waals surface area (Å²) in [4.78, 5) is 16.6. The number of rotatable bonds is 6. The van der Waals surface area contributed by atoms with Gasteiger partial charge in [0.25, 0.3) is 5.69 Å². The number of aromatic nitrogens is 1. The fourth-order valence-corrected chi connectivity index (χ4v) is 2.20. The maximum Gasteiger partial charge on any atom is 0.287 e. The third-order valence-corrected chi connectivity index (χ3v) is 3.16. The predicted octanol–water partition coefficient (Wildman–Crippen LogP) is 2.26. The maximum atomic E-state index is 10.8. The van der Waals surface area contributed by atoms with Gasteiger partial charge in [0, 0.05) is 25.7 Å². The van der Waals surface area contributed by atoms with Crippen LogP contribution >= 0.6 is 0 Å². The van der Waals surface area contributed by atoms with Crippen molar-refractivity contribution in [3.63, 3.8) is 0 Å². The van der Waals surface area contributed by atoms with E-state index in [0.717, 1.165) is 16.9 Å². The van der Waals surface area contributed by atoms with E-state index >= 15 is 0 Å². The molecule has 0 aliphatic rings. The molecule has 110 valence electrons. The van der Waals surface area contributed by atoms with Crippen LogP contribution in [0.3, 0.4) is 0 Å². The second-order valence-corrected chi connectivity index (χ2v) is 4.79. The van der Waals surface area contributed by atoms with Crippen LogP contribution in [0.15, 0.2) is 42.6 Å². The van der Waals surface area contributed by atoms with Gasteiger partial charge in [0.2, 0.25) is 0 Å². The lowest BCUT2D eigenvalue weighted by Crippen LogP contribution is -2.30. The number of benzene rings is 1. The Balaban J connectivity index is 2.27. The van der Waals surface area contributed by atoms with Gasteiger partial charge in [-0.3, -0.25) is 10.1 Å². The summed E-state index contributed by atoms with van der Waals surface area (Å²) in [5.74, 6) is 0.731. The Kier molecular flexibility index (Phi) is 4.84. The van der Waals surface area contributed by atoms with Gasteiger partial charge in [0.1, 0.15) is 12.0 Å². The van der Waals surface area contributed by atoms with Crippen molar-refractivity contribution in [2.24, 2.45) is 5.73 Å². The van der Waals surface area contributed by atoms with Crippen LogP contribution in [0.1, 0.15) is 11.1 Å². The van der Waals surface area contributed by atoms with Crippen LogP contribution in [0.5, 0.6) is 0 Å². The molecular formula is C15H18N4O2. The minimum Gasteiger partial charge on any atom is -0.351 e. The average Bonchev–Trinajstić information content (AvgIpc) is 2.48. The first-order chi connectivity index (χ1) is 10.1. The van der Waals surface area contributed by atoms with Gasteiger partial charge in [0.05, 0.1) is 4.92 Å². The zero-order valence-electron chi connectivity index (χ0n) is 11.9. The lowest BCUT2D eigenvalue weighted by atomic mass is 10.2. The normalized spacial score (nSPS) is 10.4. The fourth-order valence-electron chi connectivity index (χ4n) is 2.20. The van der Waals surface area contributed by atoms with E-state index in [2.05, 4.69) is 4.98 Å². The van der Waals surface area contributed by atoms with Crippen LogP contribution in [0.2, 0.25) is 0 Å². The first kappa shape index (κ1) is 14.9. The van der Waals surface area contributed by atoms with Crippen molar-refractivity contribution in [2.45, 2.75) is 13.5 Å². The first-order valence-corrected chi connectivity index (χ1v) is 6.72. The van der Waals surface area contributed by atoms with Gasteiger partial charge >= 0.3 is 0 Å². The van der Waals surface area contributed by atoms with Gasteiger partial charge in [0.15, 0.2) is 0 Å². The van der Waals surface area contributed by atoms with Gasteiger partial charge in [-0.05, 0) is 18.1 Å². The molecule has 1 heterocycles. The minimum absolute atomic E-state index is 0.00339. The third-order valence-electron chi connectivity index (χ3n) is 3.16. The molecule has 1 aromatic carbocycles. The molecular weight excluding hydrogens is 268 g/mol. The number of aryl methyl sites for hydroxylation is 1. The SMILES string of the molecule is Cc1cc([N+](=O)[O-])cnc1N(CCN)Cc1ccccc1. The topological polar surface area (TPSA) is 85.3 Å². The zero-order chi connectivity index (χ0) is 15.2. The highest BCUT2D eigenvalue weighted by molar-refractivity contribution is 5.51. The van der Waals surface area contributed by atoms with E-state index in [9.17, 15) is 10.1 Å². The molecule has 6 nitrogen and oxygen atoms in total. The standard InChI is InChI=1S/C15H18N4O2/c1-12-9-14(19(20)21)10-17-15(12)18(8-7-16)11-13-5-3-2-4-6-13/h2-6,9-10H,7-8,11,16H2,1H3. The van der Waals surface area contributed by atoms with Crippen molar-refractivity contribution >= 4 is 11.5 Å². The summed E-state index contributed by atoms with van der Waals surface area (Å²) in [5, 5.41) is 10.8. The van der Waals surface area contributed by atoms with Gasteiger partial charge < -0.3 is 10.6 Å². The highest BCUT2D eigenvalue weighted by atomic mass is 16.6. The van der Waals surface area contributed by atoms with Crippen LogP contribution in [0.4, 0.5) is 11.5 Å². The Morgan fingerprint density at radius 3 is 2.62 bits per heavy atom. The van der Waals surface area contributed by atoms with Crippen LogP contribution < -0.4 is 10.6 Å². The van der Waals surface area contributed by atoms with Crippen LogP contribution in [-0.2, 0) is 6.54 Å². The summed E-state index contributed by atoms with van der Waals surface area (Å²) in [5.41, 5.74) is 7.59. The summed E-state index contributed by atoms with van der Waals surface area (Å²) in [6, 6.07) is 11.5. The minimum atomic E-state index is -0.436. The number of anilines is 1. The predicted molar refractivity (Wildman–Crippen MR) is 82.2 cm³/mol. The highest BCUT2D eigenvalue weighted by Gasteiger charge is 2.15. The zero-order valence-corrected chi connectivity index (χ0v) is 11.9. The number of hydrogen-bond donors (Lipinski definition) is 1. The molecule has 0 amide bonds. The van der Waals surface area contributed by atoms with Crippen molar-refractivity contribution in [3.05, 3.63) is 63.8 Å². The molecule has 2 N–H and O–H groups in total. The quantitative estimate of drug-likeness (QED) is 0.650. The largest absolute Gasteiger partial charge is 0.351 e. The molecule has 0 atom stereocenters. The monoisotopic (exact) mass is 286 g/mol. The smallest absolute Gasteiger partial charge is 0.287 e. The van der Waals surface area contributed by atoms with Gasteiger partial charge in [-0.15, -0.1) is 0 Å². The molecule has 0 fully saturated rings. The number of nitro groups is 1. The molecule has 0 aliphatic carbocycles. The molecule has 21 heavy (non-hydrogen) atoms. The summed E-state index contributed by atoms with van der Waals surface area (Å²) in [6.07, 6.45) is 1.29. The van der Waals surface area contributed by atoms with Crippen molar-refractivity contribution in [1.29, 1.82) is 0 Å². The van der Waals surface area contributed by atoms with Crippen LogP contribution in [-0.4, -0.2) is 23.0 Å². The first-order valence-electron chi connectivity index (χ1n) is 6.72. The summed E-state index contributed by atoms with van der Waals surface area (Å²) >= 11 is 0. The Morgan fingerprint density at radius 1 is 1.33 bits per heavy atom. The second kappa shape index (κ2) is 6.81. The molecule has 0 aliphatic heterocycles. The summed E-state index contributed by atoms with van der Waals surface area (Å²) < 4.78 is 0. The molecule has 1 aromatic heterocycles. The van der Waals surface area contributed by atoms with E-state index in [1.807, 2.05) is 42.2 Å². The van der Waals surface area contributed by atoms with Crippen molar-refractivity contribution < 1.29 is 4.92 Å². The molecule has 0 spiro atoms. The molecule has 0 saturated heterocycles. The third kappa shape index (κ3) is 3.76. The van der Waals surface area contributed by atoms with Crippen LogP contribution in [0.25, 0.3) is 0 Å². The van der Waals surface area contributed by atoms with E-state index in [1.54, 1.807) is 0 Å². The van der Waals surface area contributed by atoms with E-state index in [4.69, 9.17) is 5.73 Å². The molecule has 0 bridgehead atoms. The molecule has 6 heteroatoms. The van der Waals surface area contributed by atoms with Crippen molar-refractivity contribution in [2.75, 3.05) is 18.0 Å².